The maximum Gasteiger partial charge on any atom is 0.264 e. The minimum absolute atomic E-state index is 0.0509. The van der Waals surface area contributed by atoms with E-state index in [1.54, 1.807) is 37.5 Å². The van der Waals surface area contributed by atoms with Gasteiger partial charge in [-0.3, -0.25) is 4.79 Å². The first-order chi connectivity index (χ1) is 12.1. The summed E-state index contributed by atoms with van der Waals surface area (Å²) in [6, 6.07) is 12.1. The summed E-state index contributed by atoms with van der Waals surface area (Å²) in [5.41, 5.74) is 1.47. The average Bonchev–Trinajstić information content (AvgIpc) is 2.96. The minimum Gasteiger partial charge on any atom is -0.504 e. The molecular weight excluding hydrogens is 340 g/mol. The van der Waals surface area contributed by atoms with E-state index in [1.807, 2.05) is 12.1 Å². The number of hydrogen-bond acceptors (Lipinski definition) is 6. The number of benzene rings is 2. The van der Waals surface area contributed by atoms with Crippen molar-refractivity contribution in [3.05, 3.63) is 52.9 Å². The minimum atomic E-state index is -0.218. The molecule has 1 aliphatic rings. The Labute approximate surface area is 149 Å². The summed E-state index contributed by atoms with van der Waals surface area (Å²) >= 11 is 1.25. The molecular formula is C18H16N2O4S. The fraction of sp³-hybridized carbons (Fsp3) is 0.111. The van der Waals surface area contributed by atoms with Gasteiger partial charge in [0.15, 0.2) is 16.7 Å². The number of phenols is 1. The average molecular weight is 356 g/mol. The number of aliphatic imine (C=N–C) groups is 1. The number of nitrogens with one attached hydrogen (secondary N) is 1. The first-order valence-corrected chi connectivity index (χ1v) is 8.21. The Balaban J connectivity index is 1.80. The molecule has 1 saturated heterocycles. The number of amidine groups is 1. The van der Waals surface area contributed by atoms with Crippen LogP contribution in [0.5, 0.6) is 17.2 Å². The predicted octanol–water partition coefficient (Wildman–Crippen LogP) is 3.30. The summed E-state index contributed by atoms with van der Waals surface area (Å²) in [5, 5.41) is 12.9. The lowest BCUT2D eigenvalue weighted by Gasteiger charge is -2.03. The van der Waals surface area contributed by atoms with Crippen molar-refractivity contribution >= 4 is 34.6 Å². The maximum atomic E-state index is 12.1. The van der Waals surface area contributed by atoms with Gasteiger partial charge in [0.05, 0.1) is 24.8 Å². The molecule has 0 saturated carbocycles. The predicted molar refractivity (Wildman–Crippen MR) is 98.5 cm³/mol. The number of amides is 1. The maximum absolute atomic E-state index is 12.1. The van der Waals surface area contributed by atoms with Crippen molar-refractivity contribution in [1.82, 2.24) is 5.32 Å². The van der Waals surface area contributed by atoms with Gasteiger partial charge in [-0.25, -0.2) is 4.99 Å². The Morgan fingerprint density at radius 1 is 1.12 bits per heavy atom. The van der Waals surface area contributed by atoms with Crippen LogP contribution in [0.1, 0.15) is 5.56 Å². The van der Waals surface area contributed by atoms with Crippen LogP contribution in [0.25, 0.3) is 6.08 Å². The first-order valence-electron chi connectivity index (χ1n) is 7.39. The molecule has 0 unspecified atom stereocenters. The van der Waals surface area contributed by atoms with Gasteiger partial charge in [0.25, 0.3) is 5.91 Å². The van der Waals surface area contributed by atoms with E-state index >= 15 is 0 Å². The van der Waals surface area contributed by atoms with Crippen molar-refractivity contribution in [1.29, 1.82) is 0 Å². The van der Waals surface area contributed by atoms with Crippen molar-refractivity contribution in [3.63, 3.8) is 0 Å². The second kappa shape index (κ2) is 7.31. The highest BCUT2D eigenvalue weighted by atomic mass is 32.2. The van der Waals surface area contributed by atoms with E-state index in [9.17, 15) is 9.90 Å². The van der Waals surface area contributed by atoms with E-state index in [4.69, 9.17) is 9.47 Å². The Kier molecular flexibility index (Phi) is 4.95. The molecule has 0 aromatic heterocycles. The second-order valence-electron chi connectivity index (χ2n) is 5.11. The number of rotatable bonds is 4. The van der Waals surface area contributed by atoms with Gasteiger partial charge in [-0.05, 0) is 59.8 Å². The van der Waals surface area contributed by atoms with Crippen LogP contribution in [0.15, 0.2) is 52.4 Å². The smallest absolute Gasteiger partial charge is 0.264 e. The molecule has 2 N–H and O–H groups in total. The van der Waals surface area contributed by atoms with Gasteiger partial charge < -0.3 is 19.9 Å². The summed E-state index contributed by atoms with van der Waals surface area (Å²) in [6.07, 6.45) is 1.72. The van der Waals surface area contributed by atoms with Gasteiger partial charge in [-0.15, -0.1) is 0 Å². The lowest BCUT2D eigenvalue weighted by Crippen LogP contribution is -2.19. The van der Waals surface area contributed by atoms with Crippen molar-refractivity contribution in [2.45, 2.75) is 0 Å². The molecule has 0 radical (unpaired) electrons. The molecule has 3 rings (SSSR count). The molecule has 0 aliphatic carbocycles. The molecule has 0 atom stereocenters. The summed E-state index contributed by atoms with van der Waals surface area (Å²) in [6.45, 7) is 0. The van der Waals surface area contributed by atoms with E-state index in [1.165, 1.54) is 24.9 Å². The third-order valence-corrected chi connectivity index (χ3v) is 4.37. The highest BCUT2D eigenvalue weighted by Gasteiger charge is 2.23. The van der Waals surface area contributed by atoms with Crippen LogP contribution < -0.4 is 14.8 Å². The van der Waals surface area contributed by atoms with Gasteiger partial charge in [-0.1, -0.05) is 6.07 Å². The van der Waals surface area contributed by atoms with Crippen molar-refractivity contribution in [2.24, 2.45) is 4.99 Å². The quantitative estimate of drug-likeness (QED) is 0.822. The number of nitrogens with zero attached hydrogens (tertiary/aromatic N) is 1. The molecule has 128 valence electrons. The van der Waals surface area contributed by atoms with Crippen LogP contribution in [0.2, 0.25) is 0 Å². The van der Waals surface area contributed by atoms with E-state index < -0.39 is 0 Å². The molecule has 6 nitrogen and oxygen atoms in total. The molecule has 0 spiro atoms. The zero-order valence-corrected chi connectivity index (χ0v) is 14.5. The monoisotopic (exact) mass is 356 g/mol. The number of carbonyl (C=O) groups is 1. The zero-order chi connectivity index (χ0) is 17.8. The number of phenolic OH excluding ortho intramolecular Hbond substituents is 1. The number of carbonyl (C=O) groups excluding carboxylic acids is 1. The van der Waals surface area contributed by atoms with Gasteiger partial charge >= 0.3 is 0 Å². The van der Waals surface area contributed by atoms with Crippen LogP contribution in [-0.2, 0) is 4.79 Å². The summed E-state index contributed by atoms with van der Waals surface area (Å²) in [4.78, 5) is 17.0. The largest absolute Gasteiger partial charge is 0.504 e. The van der Waals surface area contributed by atoms with Crippen LogP contribution in [-0.4, -0.2) is 30.4 Å². The topological polar surface area (TPSA) is 80.2 Å². The van der Waals surface area contributed by atoms with Crippen LogP contribution in [0, 0.1) is 0 Å². The van der Waals surface area contributed by atoms with Crippen LogP contribution in [0.4, 0.5) is 5.69 Å². The Morgan fingerprint density at radius 2 is 1.88 bits per heavy atom. The van der Waals surface area contributed by atoms with Gasteiger partial charge in [-0.2, -0.15) is 0 Å². The van der Waals surface area contributed by atoms with Crippen LogP contribution in [0.3, 0.4) is 0 Å². The van der Waals surface area contributed by atoms with Gasteiger partial charge in [0.2, 0.25) is 0 Å². The lowest BCUT2D eigenvalue weighted by molar-refractivity contribution is -0.115. The van der Waals surface area contributed by atoms with Gasteiger partial charge in [0, 0.05) is 0 Å². The molecule has 1 amide bonds. The molecule has 2 aromatic carbocycles. The van der Waals surface area contributed by atoms with E-state index in [0.29, 0.717) is 15.8 Å². The number of hydrogen-bond donors (Lipinski definition) is 2. The van der Waals surface area contributed by atoms with E-state index in [0.717, 1.165) is 17.0 Å². The third-order valence-electron chi connectivity index (χ3n) is 3.46. The number of thioether (sulfide) groups is 1. The number of methoxy groups -OCH3 is 2. The van der Waals surface area contributed by atoms with E-state index in [-0.39, 0.29) is 11.7 Å². The molecule has 1 aliphatic heterocycles. The van der Waals surface area contributed by atoms with Gasteiger partial charge in [0.1, 0.15) is 5.75 Å². The van der Waals surface area contributed by atoms with E-state index in [2.05, 4.69) is 10.3 Å². The Morgan fingerprint density at radius 3 is 2.56 bits per heavy atom. The number of ether oxygens (including phenoxy) is 2. The Hall–Kier alpha value is -2.93. The van der Waals surface area contributed by atoms with Crippen molar-refractivity contribution in [2.75, 3.05) is 14.2 Å². The highest BCUT2D eigenvalue weighted by Crippen LogP contribution is 2.31. The molecule has 2 aromatic rings. The highest BCUT2D eigenvalue weighted by molar-refractivity contribution is 8.18. The molecule has 1 heterocycles. The fourth-order valence-corrected chi connectivity index (χ4v) is 3.03. The van der Waals surface area contributed by atoms with Crippen molar-refractivity contribution < 1.29 is 19.4 Å². The summed E-state index contributed by atoms with van der Waals surface area (Å²) in [7, 11) is 3.08. The molecule has 7 heteroatoms. The fourth-order valence-electron chi connectivity index (χ4n) is 2.19. The third kappa shape index (κ3) is 3.95. The molecule has 1 fully saturated rings. The lowest BCUT2D eigenvalue weighted by atomic mass is 10.2. The normalized spacial score (nSPS) is 17.0. The van der Waals surface area contributed by atoms with Crippen LogP contribution >= 0.6 is 11.8 Å². The summed E-state index contributed by atoms with van der Waals surface area (Å²) in [5.74, 6) is 0.929. The summed E-state index contributed by atoms with van der Waals surface area (Å²) < 4.78 is 10.2. The zero-order valence-electron chi connectivity index (χ0n) is 13.6. The first kappa shape index (κ1) is 16.9. The SMILES string of the molecule is COc1ccc(N=C2NC(=O)C(=Cc3ccc(O)c(OC)c3)S2)cc1. The number of aromatic hydroxyl groups is 1. The molecule has 25 heavy (non-hydrogen) atoms. The second-order valence-corrected chi connectivity index (χ2v) is 6.14. The van der Waals surface area contributed by atoms with Crippen molar-refractivity contribution in [3.8, 4) is 17.2 Å². The Bertz CT molecular complexity index is 860. The standard InChI is InChI=1S/C18H16N2O4S/c1-23-13-6-4-12(5-7-13)19-18-20-17(22)16(25-18)10-11-3-8-14(21)15(9-11)24-2/h3-10,21H,1-2H3,(H,19,20,22). The molecule has 0 bridgehead atoms.